The standard InChI is InChI=1S/C17H15ClN2O5S/c18-13-3-1-11(2-4-13)17(22)25-10-16(21)20-8-7-12-9-14(26(19,23)24)5-6-15(12)20/h1-6,9H,7-8,10H2,(H2,19,23,24). The maximum Gasteiger partial charge on any atom is 0.338 e. The predicted octanol–water partition coefficient (Wildman–Crippen LogP) is 1.73. The number of carbonyl (C=O) groups is 2. The minimum atomic E-state index is -3.80. The van der Waals surface area contributed by atoms with Crippen molar-refractivity contribution < 1.29 is 22.7 Å². The third-order valence-electron chi connectivity index (χ3n) is 3.98. The van der Waals surface area contributed by atoms with E-state index in [-0.39, 0.29) is 4.90 Å². The summed E-state index contributed by atoms with van der Waals surface area (Å²) in [6.45, 7) is -0.0431. The minimum absolute atomic E-state index is 0.000264. The Kier molecular flexibility index (Phi) is 4.99. The van der Waals surface area contributed by atoms with E-state index in [0.717, 1.165) is 0 Å². The van der Waals surface area contributed by atoms with Gasteiger partial charge in [-0.25, -0.2) is 18.4 Å². The molecule has 0 radical (unpaired) electrons. The van der Waals surface area contributed by atoms with Gasteiger partial charge in [-0.1, -0.05) is 11.6 Å². The number of ether oxygens (including phenoxy) is 1. The Labute approximate surface area is 155 Å². The lowest BCUT2D eigenvalue weighted by Gasteiger charge is -2.17. The van der Waals surface area contributed by atoms with Crippen LogP contribution in [0.4, 0.5) is 5.69 Å². The Hall–Kier alpha value is -2.42. The highest BCUT2D eigenvalue weighted by Gasteiger charge is 2.26. The Morgan fingerprint density at radius 3 is 2.50 bits per heavy atom. The van der Waals surface area contributed by atoms with Crippen LogP contribution < -0.4 is 10.0 Å². The molecule has 2 aromatic rings. The third-order valence-corrected chi connectivity index (χ3v) is 5.15. The van der Waals surface area contributed by atoms with Gasteiger partial charge in [-0.3, -0.25) is 4.79 Å². The number of primary sulfonamides is 1. The molecule has 0 aliphatic carbocycles. The number of esters is 1. The largest absolute Gasteiger partial charge is 0.452 e. The van der Waals surface area contributed by atoms with Gasteiger partial charge in [0.15, 0.2) is 6.61 Å². The molecule has 1 aliphatic heterocycles. The van der Waals surface area contributed by atoms with Gasteiger partial charge in [0.1, 0.15) is 0 Å². The van der Waals surface area contributed by atoms with Crippen molar-refractivity contribution in [3.05, 3.63) is 58.6 Å². The van der Waals surface area contributed by atoms with Crippen LogP contribution in [0.25, 0.3) is 0 Å². The number of amides is 1. The van der Waals surface area contributed by atoms with Crippen LogP contribution in [0.15, 0.2) is 47.4 Å². The molecule has 1 aliphatic rings. The zero-order valence-electron chi connectivity index (χ0n) is 13.5. The average molecular weight is 395 g/mol. The topological polar surface area (TPSA) is 107 Å². The highest BCUT2D eigenvalue weighted by atomic mass is 35.5. The summed E-state index contributed by atoms with van der Waals surface area (Å²) in [5, 5.41) is 5.61. The number of halogens is 1. The molecule has 1 amide bonds. The number of rotatable bonds is 4. The van der Waals surface area contributed by atoms with E-state index in [1.54, 1.807) is 12.1 Å². The van der Waals surface area contributed by atoms with Crippen molar-refractivity contribution in [3.63, 3.8) is 0 Å². The summed E-state index contributed by atoms with van der Waals surface area (Å²) in [6, 6.07) is 10.5. The molecular formula is C17H15ClN2O5S. The SMILES string of the molecule is NS(=O)(=O)c1ccc2c(c1)CCN2C(=O)COC(=O)c1ccc(Cl)cc1. The summed E-state index contributed by atoms with van der Waals surface area (Å²) < 4.78 is 27.9. The van der Waals surface area contributed by atoms with Crippen LogP contribution in [0, 0.1) is 0 Å². The van der Waals surface area contributed by atoms with E-state index in [1.165, 1.54) is 35.2 Å². The van der Waals surface area contributed by atoms with E-state index in [2.05, 4.69) is 0 Å². The smallest absolute Gasteiger partial charge is 0.338 e. The van der Waals surface area contributed by atoms with E-state index < -0.39 is 28.5 Å². The third kappa shape index (κ3) is 3.87. The van der Waals surface area contributed by atoms with Gasteiger partial charge in [-0.15, -0.1) is 0 Å². The second-order valence-electron chi connectivity index (χ2n) is 5.71. The maximum atomic E-state index is 12.4. The monoisotopic (exact) mass is 394 g/mol. The summed E-state index contributed by atoms with van der Waals surface area (Å²) in [4.78, 5) is 25.8. The molecule has 7 nitrogen and oxygen atoms in total. The average Bonchev–Trinajstić information content (AvgIpc) is 3.02. The highest BCUT2D eigenvalue weighted by Crippen LogP contribution is 2.30. The zero-order valence-corrected chi connectivity index (χ0v) is 15.1. The van der Waals surface area contributed by atoms with Crippen molar-refractivity contribution in [2.45, 2.75) is 11.3 Å². The normalized spacial score (nSPS) is 13.4. The first kappa shape index (κ1) is 18.4. The molecule has 0 unspecified atom stereocenters. The second-order valence-corrected chi connectivity index (χ2v) is 7.71. The molecule has 0 aromatic heterocycles. The van der Waals surface area contributed by atoms with Gasteiger partial charge in [-0.2, -0.15) is 0 Å². The van der Waals surface area contributed by atoms with Crippen LogP contribution in [-0.2, 0) is 26.0 Å². The number of anilines is 1. The van der Waals surface area contributed by atoms with Crippen LogP contribution in [0.2, 0.25) is 5.02 Å². The second kappa shape index (κ2) is 7.06. The maximum absolute atomic E-state index is 12.4. The van der Waals surface area contributed by atoms with E-state index in [1.807, 2.05) is 0 Å². The number of hydrogen-bond acceptors (Lipinski definition) is 5. The van der Waals surface area contributed by atoms with Gasteiger partial charge in [-0.05, 0) is 54.4 Å². The van der Waals surface area contributed by atoms with Gasteiger partial charge >= 0.3 is 5.97 Å². The van der Waals surface area contributed by atoms with E-state index in [4.69, 9.17) is 21.5 Å². The van der Waals surface area contributed by atoms with E-state index in [9.17, 15) is 18.0 Å². The van der Waals surface area contributed by atoms with Crippen LogP contribution in [0.1, 0.15) is 15.9 Å². The first-order valence-corrected chi connectivity index (χ1v) is 9.57. The molecule has 1 heterocycles. The lowest BCUT2D eigenvalue weighted by Crippen LogP contribution is -2.33. The molecule has 0 fully saturated rings. The molecule has 136 valence electrons. The lowest BCUT2D eigenvalue weighted by molar-refractivity contribution is -0.121. The number of carbonyl (C=O) groups excluding carboxylic acids is 2. The molecule has 26 heavy (non-hydrogen) atoms. The lowest BCUT2D eigenvalue weighted by atomic mass is 10.2. The molecule has 2 N–H and O–H groups in total. The molecule has 0 bridgehead atoms. The number of fused-ring (bicyclic) bond motifs is 1. The van der Waals surface area contributed by atoms with Crippen molar-refractivity contribution in [2.24, 2.45) is 5.14 Å². The van der Waals surface area contributed by atoms with Gasteiger partial charge in [0.05, 0.1) is 10.5 Å². The highest BCUT2D eigenvalue weighted by molar-refractivity contribution is 7.89. The van der Waals surface area contributed by atoms with Crippen LogP contribution in [-0.4, -0.2) is 33.4 Å². The molecule has 3 rings (SSSR count). The van der Waals surface area contributed by atoms with Crippen LogP contribution in [0.5, 0.6) is 0 Å². The zero-order chi connectivity index (χ0) is 18.9. The minimum Gasteiger partial charge on any atom is -0.452 e. The van der Waals surface area contributed by atoms with Crippen LogP contribution >= 0.6 is 11.6 Å². The fourth-order valence-corrected chi connectivity index (χ4v) is 3.38. The van der Waals surface area contributed by atoms with E-state index in [0.29, 0.717) is 34.8 Å². The fourth-order valence-electron chi connectivity index (χ4n) is 2.69. The van der Waals surface area contributed by atoms with Crippen molar-refractivity contribution in [3.8, 4) is 0 Å². The number of sulfonamides is 1. The Balaban J connectivity index is 1.67. The van der Waals surface area contributed by atoms with Gasteiger partial charge in [0, 0.05) is 17.3 Å². The molecule has 0 saturated carbocycles. The Morgan fingerprint density at radius 1 is 1.15 bits per heavy atom. The van der Waals surface area contributed by atoms with Gasteiger partial charge in [0.2, 0.25) is 10.0 Å². The molecule has 9 heteroatoms. The fraction of sp³-hybridized carbons (Fsp3) is 0.176. The number of hydrogen-bond donors (Lipinski definition) is 1. The number of nitrogens with zero attached hydrogens (tertiary/aromatic N) is 1. The first-order valence-electron chi connectivity index (χ1n) is 7.64. The summed E-state index contributed by atoms with van der Waals surface area (Å²) in [7, 11) is -3.80. The Bertz CT molecular complexity index is 973. The van der Waals surface area contributed by atoms with Gasteiger partial charge in [0.25, 0.3) is 5.91 Å². The number of nitrogens with two attached hydrogens (primary N) is 1. The van der Waals surface area contributed by atoms with Crippen LogP contribution in [0.3, 0.4) is 0 Å². The predicted molar refractivity (Wildman–Crippen MR) is 95.6 cm³/mol. The summed E-state index contributed by atoms with van der Waals surface area (Å²) >= 11 is 5.76. The van der Waals surface area contributed by atoms with Crippen molar-refractivity contribution >= 4 is 39.2 Å². The molecule has 0 saturated heterocycles. The summed E-state index contributed by atoms with van der Waals surface area (Å²) in [5.74, 6) is -1.02. The quantitative estimate of drug-likeness (QED) is 0.795. The number of benzene rings is 2. The van der Waals surface area contributed by atoms with Crippen molar-refractivity contribution in [1.82, 2.24) is 0 Å². The summed E-state index contributed by atoms with van der Waals surface area (Å²) in [6.07, 6.45) is 0.496. The van der Waals surface area contributed by atoms with Crippen molar-refractivity contribution in [1.29, 1.82) is 0 Å². The Morgan fingerprint density at radius 2 is 1.85 bits per heavy atom. The van der Waals surface area contributed by atoms with E-state index >= 15 is 0 Å². The first-order chi connectivity index (χ1) is 12.3. The molecule has 0 spiro atoms. The summed E-state index contributed by atoms with van der Waals surface area (Å²) in [5.41, 5.74) is 1.58. The molecule has 2 aromatic carbocycles. The van der Waals surface area contributed by atoms with Crippen molar-refractivity contribution in [2.75, 3.05) is 18.1 Å². The molecule has 0 atom stereocenters. The molecular weight excluding hydrogens is 380 g/mol. The van der Waals surface area contributed by atoms with Gasteiger partial charge < -0.3 is 9.64 Å².